The van der Waals surface area contributed by atoms with Gasteiger partial charge in [-0.2, -0.15) is 0 Å². The van der Waals surface area contributed by atoms with Gasteiger partial charge in [0.25, 0.3) is 5.91 Å². The number of hydrogen-bond acceptors (Lipinski definition) is 3. The number of nitrogens with zero attached hydrogens (tertiary/aromatic N) is 1. The predicted octanol–water partition coefficient (Wildman–Crippen LogP) is 1.28. The standard InChI is InChI=1S/C15H14N2O4/c1-17(15(21)11-5-6-16-13(18)9-11)12-4-2-3-10(7-12)8-14(19)20/h2-7,9H,8H2,1H3,(H,16,18)(H,19,20). The van der Waals surface area contributed by atoms with E-state index >= 15 is 0 Å². The van der Waals surface area contributed by atoms with Crippen molar-refractivity contribution >= 4 is 17.6 Å². The molecule has 1 aromatic carbocycles. The smallest absolute Gasteiger partial charge is 0.307 e. The molecule has 0 atom stereocenters. The molecule has 6 heteroatoms. The topological polar surface area (TPSA) is 90.5 Å². The molecule has 0 radical (unpaired) electrons. The van der Waals surface area contributed by atoms with Crippen molar-refractivity contribution in [2.75, 3.05) is 11.9 Å². The van der Waals surface area contributed by atoms with E-state index in [9.17, 15) is 14.4 Å². The number of carboxylic acids is 1. The summed E-state index contributed by atoms with van der Waals surface area (Å²) in [5.41, 5.74) is 1.09. The number of rotatable bonds is 4. The number of hydrogen-bond donors (Lipinski definition) is 2. The van der Waals surface area contributed by atoms with Crippen molar-refractivity contribution in [1.82, 2.24) is 4.98 Å². The van der Waals surface area contributed by atoms with E-state index in [0.717, 1.165) is 0 Å². The van der Waals surface area contributed by atoms with Gasteiger partial charge in [-0.1, -0.05) is 12.1 Å². The quantitative estimate of drug-likeness (QED) is 0.885. The molecule has 0 saturated heterocycles. The minimum atomic E-state index is -0.935. The number of carboxylic acid groups (broad SMARTS) is 1. The van der Waals surface area contributed by atoms with Crippen LogP contribution in [-0.2, 0) is 11.2 Å². The molecule has 2 N–H and O–H groups in total. The van der Waals surface area contributed by atoms with Crippen LogP contribution in [0.5, 0.6) is 0 Å². The Morgan fingerprint density at radius 2 is 2.00 bits per heavy atom. The number of carbonyl (C=O) groups excluding carboxylic acids is 1. The van der Waals surface area contributed by atoms with Gasteiger partial charge in [-0.3, -0.25) is 14.4 Å². The van der Waals surface area contributed by atoms with Gasteiger partial charge in [0.2, 0.25) is 5.56 Å². The number of benzene rings is 1. The molecule has 108 valence electrons. The maximum absolute atomic E-state index is 12.3. The van der Waals surface area contributed by atoms with Crippen molar-refractivity contribution in [1.29, 1.82) is 0 Å². The average Bonchev–Trinajstić information content (AvgIpc) is 2.45. The maximum atomic E-state index is 12.3. The Hall–Kier alpha value is -2.89. The maximum Gasteiger partial charge on any atom is 0.307 e. The SMILES string of the molecule is CN(C(=O)c1cc[nH]c(=O)c1)c1cccc(CC(=O)O)c1. The number of aromatic nitrogens is 1. The first-order valence-corrected chi connectivity index (χ1v) is 6.25. The van der Waals surface area contributed by atoms with Crippen molar-refractivity contribution in [2.24, 2.45) is 0 Å². The highest BCUT2D eigenvalue weighted by atomic mass is 16.4. The van der Waals surface area contributed by atoms with Gasteiger partial charge in [0.1, 0.15) is 0 Å². The molecule has 6 nitrogen and oxygen atoms in total. The fourth-order valence-electron chi connectivity index (χ4n) is 1.94. The zero-order valence-corrected chi connectivity index (χ0v) is 11.4. The van der Waals surface area contributed by atoms with E-state index in [1.807, 2.05) is 0 Å². The summed E-state index contributed by atoms with van der Waals surface area (Å²) in [5.74, 6) is -1.27. The second-order valence-corrected chi connectivity index (χ2v) is 4.55. The van der Waals surface area contributed by atoms with Crippen molar-refractivity contribution in [3.05, 3.63) is 64.1 Å². The van der Waals surface area contributed by atoms with Gasteiger partial charge in [-0.25, -0.2) is 0 Å². The number of carbonyl (C=O) groups is 2. The zero-order valence-electron chi connectivity index (χ0n) is 11.4. The fraction of sp³-hybridized carbons (Fsp3) is 0.133. The lowest BCUT2D eigenvalue weighted by Gasteiger charge is -2.18. The van der Waals surface area contributed by atoms with Crippen molar-refractivity contribution in [2.45, 2.75) is 6.42 Å². The number of aliphatic carboxylic acids is 1. The Morgan fingerprint density at radius 1 is 1.24 bits per heavy atom. The molecular weight excluding hydrogens is 272 g/mol. The summed E-state index contributed by atoms with van der Waals surface area (Å²) in [7, 11) is 1.57. The summed E-state index contributed by atoms with van der Waals surface area (Å²) in [6, 6.07) is 9.45. The van der Waals surface area contributed by atoms with Crippen molar-refractivity contribution in [3.8, 4) is 0 Å². The number of amides is 1. The first-order valence-electron chi connectivity index (χ1n) is 6.25. The number of anilines is 1. The van der Waals surface area contributed by atoms with Crippen molar-refractivity contribution in [3.63, 3.8) is 0 Å². The Morgan fingerprint density at radius 3 is 2.67 bits per heavy atom. The Balaban J connectivity index is 2.27. The number of aromatic amines is 1. The van der Waals surface area contributed by atoms with E-state index in [4.69, 9.17) is 5.11 Å². The van der Waals surface area contributed by atoms with Crippen molar-refractivity contribution < 1.29 is 14.7 Å². The number of nitrogens with one attached hydrogen (secondary N) is 1. The van der Waals surface area contributed by atoms with Gasteiger partial charge in [-0.05, 0) is 23.8 Å². The monoisotopic (exact) mass is 286 g/mol. The fourth-order valence-corrected chi connectivity index (χ4v) is 1.94. The van der Waals surface area contributed by atoms with Crippen LogP contribution in [0.3, 0.4) is 0 Å². The lowest BCUT2D eigenvalue weighted by atomic mass is 10.1. The molecule has 0 aliphatic heterocycles. The zero-order chi connectivity index (χ0) is 15.4. The Kier molecular flexibility index (Phi) is 4.18. The third-order valence-corrected chi connectivity index (χ3v) is 2.98. The largest absolute Gasteiger partial charge is 0.481 e. The molecule has 0 aliphatic rings. The summed E-state index contributed by atoms with van der Waals surface area (Å²) < 4.78 is 0. The molecule has 0 unspecified atom stereocenters. The predicted molar refractivity (Wildman–Crippen MR) is 77.6 cm³/mol. The van der Waals surface area contributed by atoms with Gasteiger partial charge < -0.3 is 15.0 Å². The van der Waals surface area contributed by atoms with E-state index < -0.39 is 5.97 Å². The van der Waals surface area contributed by atoms with E-state index in [1.54, 1.807) is 31.3 Å². The molecule has 0 saturated carbocycles. The molecule has 2 aromatic rings. The van der Waals surface area contributed by atoms with Crippen LogP contribution in [0.4, 0.5) is 5.69 Å². The van der Waals surface area contributed by atoms with Crippen LogP contribution in [0.2, 0.25) is 0 Å². The molecule has 1 aromatic heterocycles. The number of H-pyrrole nitrogens is 1. The van der Waals surface area contributed by atoms with Gasteiger partial charge in [0.15, 0.2) is 0 Å². The average molecular weight is 286 g/mol. The second-order valence-electron chi connectivity index (χ2n) is 4.55. The van der Waals surface area contributed by atoms with Crippen LogP contribution in [0.25, 0.3) is 0 Å². The van der Waals surface area contributed by atoms with Gasteiger partial charge in [-0.15, -0.1) is 0 Å². The third-order valence-electron chi connectivity index (χ3n) is 2.98. The molecule has 0 aliphatic carbocycles. The van der Waals surface area contributed by atoms with Crippen LogP contribution in [0, 0.1) is 0 Å². The summed E-state index contributed by atoms with van der Waals surface area (Å²) in [6.07, 6.45) is 1.30. The van der Waals surface area contributed by atoms with Crippen LogP contribution < -0.4 is 10.5 Å². The van der Waals surface area contributed by atoms with E-state index in [1.165, 1.54) is 23.2 Å². The summed E-state index contributed by atoms with van der Waals surface area (Å²) in [4.78, 5) is 38.1. The van der Waals surface area contributed by atoms with Gasteiger partial charge >= 0.3 is 5.97 Å². The highest BCUT2D eigenvalue weighted by molar-refractivity contribution is 6.05. The molecule has 2 rings (SSSR count). The second kappa shape index (κ2) is 6.04. The minimum absolute atomic E-state index is 0.110. The Bertz CT molecular complexity index is 736. The molecule has 1 amide bonds. The lowest BCUT2D eigenvalue weighted by molar-refractivity contribution is -0.136. The van der Waals surface area contributed by atoms with Crippen LogP contribution in [-0.4, -0.2) is 29.0 Å². The third kappa shape index (κ3) is 3.56. The normalized spacial score (nSPS) is 10.1. The van der Waals surface area contributed by atoms with E-state index in [2.05, 4.69) is 4.98 Å². The lowest BCUT2D eigenvalue weighted by Crippen LogP contribution is -2.27. The summed E-state index contributed by atoms with van der Waals surface area (Å²) >= 11 is 0. The summed E-state index contributed by atoms with van der Waals surface area (Å²) in [5, 5.41) is 8.80. The summed E-state index contributed by atoms with van der Waals surface area (Å²) in [6.45, 7) is 0. The Labute approximate surface area is 120 Å². The first-order chi connectivity index (χ1) is 9.97. The van der Waals surface area contributed by atoms with E-state index in [-0.39, 0.29) is 23.5 Å². The van der Waals surface area contributed by atoms with Gasteiger partial charge in [0.05, 0.1) is 6.42 Å². The van der Waals surface area contributed by atoms with E-state index in [0.29, 0.717) is 11.3 Å². The highest BCUT2D eigenvalue weighted by Crippen LogP contribution is 2.17. The molecule has 21 heavy (non-hydrogen) atoms. The molecule has 1 heterocycles. The van der Waals surface area contributed by atoms with Crippen LogP contribution >= 0.6 is 0 Å². The highest BCUT2D eigenvalue weighted by Gasteiger charge is 2.14. The number of pyridine rings is 1. The van der Waals surface area contributed by atoms with Crippen LogP contribution in [0.15, 0.2) is 47.4 Å². The molecular formula is C15H14N2O4. The molecule has 0 spiro atoms. The molecule has 0 bridgehead atoms. The molecule has 0 fully saturated rings. The first kappa shape index (κ1) is 14.5. The van der Waals surface area contributed by atoms with Gasteiger partial charge in [0, 0.05) is 30.6 Å². The minimum Gasteiger partial charge on any atom is -0.481 e. The van der Waals surface area contributed by atoms with Crippen LogP contribution in [0.1, 0.15) is 15.9 Å².